The van der Waals surface area contributed by atoms with Crippen LogP contribution in [0.2, 0.25) is 5.02 Å². The summed E-state index contributed by atoms with van der Waals surface area (Å²) in [4.78, 5) is 23.5. The van der Waals surface area contributed by atoms with E-state index in [1.807, 2.05) is 30.3 Å². The number of halogens is 1. The fourth-order valence-electron chi connectivity index (χ4n) is 2.45. The highest BCUT2D eigenvalue weighted by Crippen LogP contribution is 2.27. The first-order valence-corrected chi connectivity index (χ1v) is 8.51. The van der Waals surface area contributed by atoms with E-state index in [1.165, 1.54) is 0 Å². The molecule has 1 atom stereocenters. The standard InChI is InChI=1S/C19H21ClN2O4/c1-26-17-8-7-14(20)12-15(17)21-10-9-18(23)22-16(19(24)25)11-13-5-3-2-4-6-13/h2-8,12,16,21H,9-11H2,1H3,(H,22,23)(H,24,25)/t16-/m0/s1. The molecule has 138 valence electrons. The highest BCUT2D eigenvalue weighted by atomic mass is 35.5. The number of nitrogens with one attached hydrogen (secondary N) is 2. The second kappa shape index (κ2) is 9.68. The van der Waals surface area contributed by atoms with E-state index in [0.717, 1.165) is 5.56 Å². The van der Waals surface area contributed by atoms with E-state index < -0.39 is 12.0 Å². The summed E-state index contributed by atoms with van der Waals surface area (Å²) in [5, 5.41) is 15.5. The maximum atomic E-state index is 12.1. The largest absolute Gasteiger partial charge is 0.495 e. The molecule has 0 bridgehead atoms. The Morgan fingerprint density at radius 3 is 2.58 bits per heavy atom. The highest BCUT2D eigenvalue weighted by molar-refractivity contribution is 6.30. The van der Waals surface area contributed by atoms with Crippen molar-refractivity contribution in [2.45, 2.75) is 18.9 Å². The molecule has 2 aromatic rings. The summed E-state index contributed by atoms with van der Waals surface area (Å²) in [5.41, 5.74) is 1.52. The van der Waals surface area contributed by atoms with Crippen LogP contribution in [0.3, 0.4) is 0 Å². The molecule has 0 radical (unpaired) electrons. The lowest BCUT2D eigenvalue weighted by Crippen LogP contribution is -2.42. The normalized spacial score (nSPS) is 11.5. The van der Waals surface area contributed by atoms with Crippen LogP contribution in [0, 0.1) is 0 Å². The minimum absolute atomic E-state index is 0.119. The summed E-state index contributed by atoms with van der Waals surface area (Å²) < 4.78 is 5.22. The number of carboxylic acids is 1. The molecule has 6 nitrogen and oxygen atoms in total. The van der Waals surface area contributed by atoms with Gasteiger partial charge in [-0.25, -0.2) is 4.79 Å². The Morgan fingerprint density at radius 1 is 1.19 bits per heavy atom. The number of hydrogen-bond acceptors (Lipinski definition) is 4. The number of anilines is 1. The monoisotopic (exact) mass is 376 g/mol. The van der Waals surface area contributed by atoms with Crippen molar-refractivity contribution >= 4 is 29.2 Å². The van der Waals surface area contributed by atoms with Crippen molar-refractivity contribution in [1.29, 1.82) is 0 Å². The molecule has 0 heterocycles. The number of hydrogen-bond donors (Lipinski definition) is 3. The molecule has 0 saturated carbocycles. The van der Waals surface area contributed by atoms with E-state index in [0.29, 0.717) is 23.0 Å². The van der Waals surface area contributed by atoms with Crippen LogP contribution in [0.1, 0.15) is 12.0 Å². The summed E-state index contributed by atoms with van der Waals surface area (Å²) in [6.45, 7) is 0.320. The van der Waals surface area contributed by atoms with Gasteiger partial charge < -0.3 is 20.5 Å². The average molecular weight is 377 g/mol. The molecule has 3 N–H and O–H groups in total. The lowest BCUT2D eigenvalue weighted by atomic mass is 10.1. The number of ether oxygens (including phenoxy) is 1. The molecule has 7 heteroatoms. The third-order valence-electron chi connectivity index (χ3n) is 3.75. The van der Waals surface area contributed by atoms with Gasteiger partial charge in [0, 0.05) is 24.4 Å². The molecule has 0 spiro atoms. The van der Waals surface area contributed by atoms with Crippen LogP contribution in [0.4, 0.5) is 5.69 Å². The molecular formula is C19H21ClN2O4. The first-order valence-electron chi connectivity index (χ1n) is 8.13. The Balaban J connectivity index is 1.87. The molecule has 2 rings (SSSR count). The van der Waals surface area contributed by atoms with Gasteiger partial charge in [0.05, 0.1) is 12.8 Å². The van der Waals surface area contributed by atoms with E-state index in [9.17, 15) is 14.7 Å². The quantitative estimate of drug-likeness (QED) is 0.626. The molecule has 0 aliphatic carbocycles. The topological polar surface area (TPSA) is 87.7 Å². The van der Waals surface area contributed by atoms with Crippen LogP contribution in [0.25, 0.3) is 0 Å². The molecule has 0 fully saturated rings. The third kappa shape index (κ3) is 5.97. The first-order chi connectivity index (χ1) is 12.5. The fourth-order valence-corrected chi connectivity index (χ4v) is 2.62. The maximum Gasteiger partial charge on any atom is 0.326 e. The number of carbonyl (C=O) groups excluding carboxylic acids is 1. The predicted molar refractivity (Wildman–Crippen MR) is 101 cm³/mol. The second-order valence-corrected chi connectivity index (χ2v) is 6.11. The van der Waals surface area contributed by atoms with Crippen LogP contribution < -0.4 is 15.4 Å². The smallest absolute Gasteiger partial charge is 0.326 e. The SMILES string of the molecule is COc1ccc(Cl)cc1NCCC(=O)N[C@@H](Cc1ccccc1)C(=O)O. The van der Waals surface area contributed by atoms with Gasteiger partial charge in [-0.15, -0.1) is 0 Å². The van der Waals surface area contributed by atoms with Crippen LogP contribution in [0.5, 0.6) is 5.75 Å². The lowest BCUT2D eigenvalue weighted by Gasteiger charge is -2.15. The first kappa shape index (κ1) is 19.6. The van der Waals surface area contributed by atoms with Crippen molar-refractivity contribution in [2.24, 2.45) is 0 Å². The number of rotatable bonds is 9. The summed E-state index contributed by atoms with van der Waals surface area (Å²) in [6, 6.07) is 13.3. The van der Waals surface area contributed by atoms with Crippen LogP contribution in [0.15, 0.2) is 48.5 Å². The van der Waals surface area contributed by atoms with Crippen molar-refractivity contribution in [3.8, 4) is 5.75 Å². The van der Waals surface area contributed by atoms with Gasteiger partial charge in [0.2, 0.25) is 5.91 Å². The van der Waals surface area contributed by atoms with Crippen molar-refractivity contribution in [1.82, 2.24) is 5.32 Å². The molecule has 0 unspecified atom stereocenters. The molecule has 0 aromatic heterocycles. The Bertz CT molecular complexity index is 752. The van der Waals surface area contributed by atoms with E-state index in [2.05, 4.69) is 10.6 Å². The Kier molecular flexibility index (Phi) is 7.29. The molecule has 1 amide bonds. The highest BCUT2D eigenvalue weighted by Gasteiger charge is 2.20. The van der Waals surface area contributed by atoms with E-state index in [-0.39, 0.29) is 18.7 Å². The fraction of sp³-hybridized carbons (Fsp3) is 0.263. The molecular weight excluding hydrogens is 356 g/mol. The maximum absolute atomic E-state index is 12.1. The van der Waals surface area contributed by atoms with Crippen LogP contribution >= 0.6 is 11.6 Å². The van der Waals surface area contributed by atoms with Crippen molar-refractivity contribution in [3.63, 3.8) is 0 Å². The lowest BCUT2D eigenvalue weighted by molar-refractivity contribution is -0.141. The Morgan fingerprint density at radius 2 is 1.92 bits per heavy atom. The zero-order valence-electron chi connectivity index (χ0n) is 14.4. The van der Waals surface area contributed by atoms with Crippen LogP contribution in [-0.4, -0.2) is 36.7 Å². The Hall–Kier alpha value is -2.73. The number of benzene rings is 2. The summed E-state index contributed by atoms with van der Waals surface area (Å²) in [6.07, 6.45) is 0.353. The predicted octanol–water partition coefficient (Wildman–Crippen LogP) is 2.96. The van der Waals surface area contributed by atoms with Crippen LogP contribution in [-0.2, 0) is 16.0 Å². The average Bonchev–Trinajstić information content (AvgIpc) is 2.62. The number of carbonyl (C=O) groups is 2. The van der Waals surface area contributed by atoms with E-state index in [4.69, 9.17) is 16.3 Å². The van der Waals surface area contributed by atoms with Gasteiger partial charge in [-0.1, -0.05) is 41.9 Å². The molecule has 0 aliphatic rings. The number of aliphatic carboxylic acids is 1. The number of carboxylic acid groups (broad SMARTS) is 1. The van der Waals surface area contributed by atoms with Crippen molar-refractivity contribution < 1.29 is 19.4 Å². The van der Waals surface area contributed by atoms with Gasteiger partial charge in [0.25, 0.3) is 0 Å². The third-order valence-corrected chi connectivity index (χ3v) is 3.98. The van der Waals surface area contributed by atoms with E-state index >= 15 is 0 Å². The zero-order valence-corrected chi connectivity index (χ0v) is 15.1. The second-order valence-electron chi connectivity index (χ2n) is 5.67. The number of methoxy groups -OCH3 is 1. The van der Waals surface area contributed by atoms with Gasteiger partial charge in [0.15, 0.2) is 0 Å². The summed E-state index contributed by atoms with van der Waals surface area (Å²) >= 11 is 5.96. The number of amides is 1. The van der Waals surface area contributed by atoms with Crippen molar-refractivity contribution in [2.75, 3.05) is 19.0 Å². The molecule has 0 saturated heterocycles. The molecule has 26 heavy (non-hydrogen) atoms. The zero-order chi connectivity index (χ0) is 18.9. The summed E-state index contributed by atoms with van der Waals surface area (Å²) in [7, 11) is 1.54. The molecule has 0 aliphatic heterocycles. The van der Waals surface area contributed by atoms with E-state index in [1.54, 1.807) is 25.3 Å². The van der Waals surface area contributed by atoms with Crippen molar-refractivity contribution in [3.05, 3.63) is 59.1 Å². The van der Waals surface area contributed by atoms with Gasteiger partial charge in [-0.05, 0) is 23.8 Å². The summed E-state index contributed by atoms with van der Waals surface area (Å²) in [5.74, 6) is -0.796. The minimum Gasteiger partial charge on any atom is -0.495 e. The van der Waals surface area contributed by atoms with Gasteiger partial charge >= 0.3 is 5.97 Å². The van der Waals surface area contributed by atoms with Gasteiger partial charge in [-0.2, -0.15) is 0 Å². The Labute approximate surface area is 157 Å². The van der Waals surface area contributed by atoms with Gasteiger partial charge in [0.1, 0.15) is 11.8 Å². The minimum atomic E-state index is -1.06. The van der Waals surface area contributed by atoms with Gasteiger partial charge in [-0.3, -0.25) is 4.79 Å². The molecule has 2 aromatic carbocycles.